The van der Waals surface area contributed by atoms with Crippen molar-refractivity contribution >= 4 is 11.9 Å². The summed E-state index contributed by atoms with van der Waals surface area (Å²) >= 11 is 0. The minimum atomic E-state index is -2.37. The standard InChI is InChI=1S/C17H12F5NO3/c1-8-4-2-3-5-9(8)6-10(24)23-7-11(25)26-17-15(21)13(19)12(18)14(20)16(17)22/h2-5H,6-7H2,1H3,(H,23,24). The van der Waals surface area contributed by atoms with Crippen molar-refractivity contribution in [3.63, 3.8) is 0 Å². The fraction of sp³-hybridized carbons (Fsp3) is 0.176. The maximum absolute atomic E-state index is 13.4. The quantitative estimate of drug-likeness (QED) is 0.288. The molecular formula is C17H12F5NO3. The molecule has 0 aliphatic rings. The van der Waals surface area contributed by atoms with Crippen molar-refractivity contribution in [1.82, 2.24) is 5.32 Å². The van der Waals surface area contributed by atoms with Gasteiger partial charge in [0.2, 0.25) is 40.7 Å². The van der Waals surface area contributed by atoms with Crippen LogP contribution >= 0.6 is 0 Å². The number of ether oxygens (including phenoxy) is 1. The number of amides is 1. The fourth-order valence-electron chi connectivity index (χ4n) is 2.04. The van der Waals surface area contributed by atoms with Gasteiger partial charge in [0.25, 0.3) is 0 Å². The monoisotopic (exact) mass is 373 g/mol. The molecule has 2 aromatic rings. The zero-order valence-corrected chi connectivity index (χ0v) is 13.3. The second-order valence-electron chi connectivity index (χ2n) is 5.25. The van der Waals surface area contributed by atoms with Crippen LogP contribution < -0.4 is 10.1 Å². The highest BCUT2D eigenvalue weighted by atomic mass is 19.2. The highest BCUT2D eigenvalue weighted by Crippen LogP contribution is 2.29. The molecule has 0 aliphatic heterocycles. The van der Waals surface area contributed by atoms with Gasteiger partial charge in [0.05, 0.1) is 6.42 Å². The van der Waals surface area contributed by atoms with Crippen LogP contribution in [0.5, 0.6) is 5.75 Å². The number of esters is 1. The molecule has 0 bridgehead atoms. The number of hydrogen-bond donors (Lipinski definition) is 1. The van der Waals surface area contributed by atoms with Crippen LogP contribution in [0, 0.1) is 36.0 Å². The maximum Gasteiger partial charge on any atom is 0.331 e. The largest absolute Gasteiger partial charge is 0.419 e. The van der Waals surface area contributed by atoms with E-state index in [-0.39, 0.29) is 6.42 Å². The minimum absolute atomic E-state index is 0.0670. The van der Waals surface area contributed by atoms with Crippen molar-refractivity contribution in [2.75, 3.05) is 6.54 Å². The number of nitrogens with one attached hydrogen (secondary N) is 1. The van der Waals surface area contributed by atoms with E-state index in [4.69, 9.17) is 0 Å². The van der Waals surface area contributed by atoms with Gasteiger partial charge in [-0.25, -0.2) is 18.0 Å². The lowest BCUT2D eigenvalue weighted by Gasteiger charge is -2.10. The van der Waals surface area contributed by atoms with Gasteiger partial charge in [0, 0.05) is 0 Å². The number of carbonyl (C=O) groups is 2. The molecule has 0 heterocycles. The van der Waals surface area contributed by atoms with E-state index in [0.29, 0.717) is 5.56 Å². The minimum Gasteiger partial charge on any atom is -0.419 e. The summed E-state index contributed by atoms with van der Waals surface area (Å²) in [6, 6.07) is 6.97. The van der Waals surface area contributed by atoms with Crippen LogP contribution in [0.15, 0.2) is 24.3 Å². The lowest BCUT2D eigenvalue weighted by molar-refractivity contribution is -0.135. The summed E-state index contributed by atoms with van der Waals surface area (Å²) < 4.78 is 69.9. The number of hydrogen-bond acceptors (Lipinski definition) is 3. The molecule has 1 N–H and O–H groups in total. The predicted octanol–water partition coefficient (Wildman–Crippen LogP) is 2.95. The Hall–Kier alpha value is -2.97. The Morgan fingerprint density at radius 2 is 1.46 bits per heavy atom. The number of benzene rings is 2. The molecule has 0 radical (unpaired) electrons. The predicted molar refractivity (Wildman–Crippen MR) is 79.8 cm³/mol. The molecule has 2 rings (SSSR count). The van der Waals surface area contributed by atoms with Crippen molar-refractivity contribution in [3.8, 4) is 5.75 Å². The summed E-state index contributed by atoms with van der Waals surface area (Å²) in [6.45, 7) is 0.963. The first kappa shape index (κ1) is 19.4. The molecule has 26 heavy (non-hydrogen) atoms. The molecule has 0 aliphatic carbocycles. The van der Waals surface area contributed by atoms with Gasteiger partial charge in [-0.2, -0.15) is 8.78 Å². The molecule has 0 spiro atoms. The van der Waals surface area contributed by atoms with Gasteiger partial charge >= 0.3 is 5.97 Å². The molecular weight excluding hydrogens is 361 g/mol. The molecule has 0 fully saturated rings. The zero-order valence-electron chi connectivity index (χ0n) is 13.3. The lowest BCUT2D eigenvalue weighted by Crippen LogP contribution is -2.33. The highest BCUT2D eigenvalue weighted by Gasteiger charge is 2.28. The van der Waals surface area contributed by atoms with Crippen LogP contribution in [0.25, 0.3) is 0 Å². The third-order valence-electron chi connectivity index (χ3n) is 3.43. The summed E-state index contributed by atoms with van der Waals surface area (Å²) in [5, 5.41) is 2.14. The molecule has 0 saturated heterocycles. The molecule has 138 valence electrons. The van der Waals surface area contributed by atoms with Gasteiger partial charge in [-0.15, -0.1) is 0 Å². The summed E-state index contributed by atoms with van der Waals surface area (Å²) in [6.07, 6.45) is -0.0670. The second kappa shape index (κ2) is 7.94. The SMILES string of the molecule is Cc1ccccc1CC(=O)NCC(=O)Oc1c(F)c(F)c(F)c(F)c1F. The lowest BCUT2D eigenvalue weighted by atomic mass is 10.1. The molecule has 1 amide bonds. The molecule has 4 nitrogen and oxygen atoms in total. The number of halogens is 5. The summed E-state index contributed by atoms with van der Waals surface area (Å²) in [5.41, 5.74) is 1.53. The van der Waals surface area contributed by atoms with E-state index in [9.17, 15) is 31.5 Å². The third kappa shape index (κ3) is 4.16. The summed E-state index contributed by atoms with van der Waals surface area (Å²) in [5.74, 6) is -15.1. The Bertz CT molecular complexity index is 841. The Morgan fingerprint density at radius 3 is 2.04 bits per heavy atom. The highest BCUT2D eigenvalue weighted by molar-refractivity contribution is 5.84. The number of carbonyl (C=O) groups excluding carboxylic acids is 2. The second-order valence-corrected chi connectivity index (χ2v) is 5.25. The van der Waals surface area contributed by atoms with Crippen molar-refractivity contribution in [2.45, 2.75) is 13.3 Å². The summed E-state index contributed by atoms with van der Waals surface area (Å²) in [4.78, 5) is 23.3. The van der Waals surface area contributed by atoms with E-state index < -0.39 is 53.3 Å². The van der Waals surface area contributed by atoms with Crippen molar-refractivity contribution in [2.24, 2.45) is 0 Å². The average molecular weight is 373 g/mol. The molecule has 0 atom stereocenters. The van der Waals surface area contributed by atoms with Crippen LogP contribution in [0.1, 0.15) is 11.1 Å². The molecule has 9 heteroatoms. The first-order valence-corrected chi connectivity index (χ1v) is 7.25. The Kier molecular flexibility index (Phi) is 5.91. The van der Waals surface area contributed by atoms with Crippen LogP contribution in [0.2, 0.25) is 0 Å². The Labute approximate surface area is 144 Å². The van der Waals surface area contributed by atoms with Gasteiger partial charge in [0.1, 0.15) is 6.54 Å². The van der Waals surface area contributed by atoms with E-state index in [2.05, 4.69) is 10.1 Å². The van der Waals surface area contributed by atoms with Gasteiger partial charge in [0.15, 0.2) is 0 Å². The third-order valence-corrected chi connectivity index (χ3v) is 3.43. The fourth-order valence-corrected chi connectivity index (χ4v) is 2.04. The van der Waals surface area contributed by atoms with Crippen molar-refractivity contribution in [3.05, 3.63) is 64.5 Å². The molecule has 0 aromatic heterocycles. The van der Waals surface area contributed by atoms with Crippen LogP contribution in [0.3, 0.4) is 0 Å². The van der Waals surface area contributed by atoms with Gasteiger partial charge < -0.3 is 10.1 Å². The average Bonchev–Trinajstić information content (AvgIpc) is 2.62. The van der Waals surface area contributed by atoms with Gasteiger partial charge in [-0.05, 0) is 18.1 Å². The molecule has 0 saturated carbocycles. The first-order chi connectivity index (χ1) is 12.2. The van der Waals surface area contributed by atoms with E-state index >= 15 is 0 Å². The Balaban J connectivity index is 2.00. The van der Waals surface area contributed by atoms with E-state index in [1.54, 1.807) is 31.2 Å². The van der Waals surface area contributed by atoms with Crippen LogP contribution in [-0.2, 0) is 16.0 Å². The number of rotatable bonds is 5. The van der Waals surface area contributed by atoms with E-state index in [1.165, 1.54) is 0 Å². The smallest absolute Gasteiger partial charge is 0.331 e. The van der Waals surface area contributed by atoms with Crippen molar-refractivity contribution < 1.29 is 36.3 Å². The first-order valence-electron chi connectivity index (χ1n) is 7.25. The van der Waals surface area contributed by atoms with Gasteiger partial charge in [-0.3, -0.25) is 4.79 Å². The van der Waals surface area contributed by atoms with Crippen LogP contribution in [-0.4, -0.2) is 18.4 Å². The molecule has 0 unspecified atom stereocenters. The topological polar surface area (TPSA) is 55.4 Å². The number of aryl methyl sites for hydroxylation is 1. The van der Waals surface area contributed by atoms with Crippen molar-refractivity contribution in [1.29, 1.82) is 0 Å². The Morgan fingerprint density at radius 1 is 0.923 bits per heavy atom. The maximum atomic E-state index is 13.4. The molecule has 2 aromatic carbocycles. The van der Waals surface area contributed by atoms with Crippen LogP contribution in [0.4, 0.5) is 22.0 Å². The van der Waals surface area contributed by atoms with E-state index in [1.807, 2.05) is 0 Å². The summed E-state index contributed by atoms with van der Waals surface area (Å²) in [7, 11) is 0. The normalized spacial score (nSPS) is 10.5. The van der Waals surface area contributed by atoms with E-state index in [0.717, 1.165) is 5.56 Å². The zero-order chi connectivity index (χ0) is 19.4. The van der Waals surface area contributed by atoms with Gasteiger partial charge in [-0.1, -0.05) is 24.3 Å².